The molecule has 0 radical (unpaired) electrons. The second kappa shape index (κ2) is 5.15. The second-order valence-corrected chi connectivity index (χ2v) is 4.68. The first-order chi connectivity index (χ1) is 10.1. The van der Waals surface area contributed by atoms with E-state index in [9.17, 15) is 8.78 Å². The first-order valence-electron chi connectivity index (χ1n) is 6.07. The molecule has 3 aromatic rings. The molecule has 0 N–H and O–H groups in total. The summed E-state index contributed by atoms with van der Waals surface area (Å²) in [7, 11) is 0. The van der Waals surface area contributed by atoms with Gasteiger partial charge >= 0.3 is 0 Å². The van der Waals surface area contributed by atoms with Gasteiger partial charge in [0.25, 0.3) is 0 Å². The zero-order valence-electron chi connectivity index (χ0n) is 10.6. The van der Waals surface area contributed by atoms with Gasteiger partial charge in [0.1, 0.15) is 17.5 Å². The Morgan fingerprint density at radius 3 is 2.67 bits per heavy atom. The molecule has 104 valence electrons. The SMILES string of the molecule is N#Cc1ccc2nc(CCl)n(-c3ccc(F)cc3F)c2c1. The fourth-order valence-electron chi connectivity index (χ4n) is 2.22. The third-order valence-electron chi connectivity index (χ3n) is 3.12. The van der Waals surface area contributed by atoms with Gasteiger partial charge in [-0.05, 0) is 30.3 Å². The minimum Gasteiger partial charge on any atom is -0.292 e. The molecule has 2 aromatic carbocycles. The summed E-state index contributed by atoms with van der Waals surface area (Å²) in [5.74, 6) is -0.894. The molecule has 0 aliphatic heterocycles. The molecule has 6 heteroatoms. The zero-order chi connectivity index (χ0) is 15.0. The fraction of sp³-hybridized carbons (Fsp3) is 0.0667. The number of hydrogen-bond donors (Lipinski definition) is 0. The summed E-state index contributed by atoms with van der Waals surface area (Å²) in [6.07, 6.45) is 0. The van der Waals surface area contributed by atoms with Gasteiger partial charge in [-0.25, -0.2) is 13.8 Å². The number of alkyl halides is 1. The molecule has 0 fully saturated rings. The lowest BCUT2D eigenvalue weighted by Gasteiger charge is -2.09. The highest BCUT2D eigenvalue weighted by Crippen LogP contribution is 2.25. The van der Waals surface area contributed by atoms with Crippen molar-refractivity contribution in [2.45, 2.75) is 5.88 Å². The lowest BCUT2D eigenvalue weighted by atomic mass is 10.2. The van der Waals surface area contributed by atoms with Crippen LogP contribution in [-0.4, -0.2) is 9.55 Å². The molecule has 0 aliphatic carbocycles. The van der Waals surface area contributed by atoms with Gasteiger partial charge in [-0.3, -0.25) is 4.57 Å². The average Bonchev–Trinajstić information content (AvgIpc) is 2.84. The number of hydrogen-bond acceptors (Lipinski definition) is 2. The van der Waals surface area contributed by atoms with E-state index >= 15 is 0 Å². The van der Waals surface area contributed by atoms with Crippen LogP contribution in [0.4, 0.5) is 8.78 Å². The highest BCUT2D eigenvalue weighted by molar-refractivity contribution is 6.17. The molecule has 0 amide bonds. The van der Waals surface area contributed by atoms with Crippen LogP contribution in [0.15, 0.2) is 36.4 Å². The zero-order valence-corrected chi connectivity index (χ0v) is 11.4. The van der Waals surface area contributed by atoms with Crippen LogP contribution in [0.5, 0.6) is 0 Å². The smallest absolute Gasteiger partial charge is 0.150 e. The van der Waals surface area contributed by atoms with Crippen LogP contribution in [0.2, 0.25) is 0 Å². The maximum atomic E-state index is 14.0. The lowest BCUT2D eigenvalue weighted by Crippen LogP contribution is -2.02. The minimum absolute atomic E-state index is 0.0629. The van der Waals surface area contributed by atoms with Crippen molar-refractivity contribution >= 4 is 22.6 Å². The van der Waals surface area contributed by atoms with E-state index in [-0.39, 0.29) is 11.6 Å². The predicted molar refractivity (Wildman–Crippen MR) is 75.3 cm³/mol. The van der Waals surface area contributed by atoms with Gasteiger partial charge in [-0.15, -0.1) is 11.6 Å². The Labute approximate surface area is 124 Å². The van der Waals surface area contributed by atoms with Crippen molar-refractivity contribution in [2.75, 3.05) is 0 Å². The van der Waals surface area contributed by atoms with E-state index in [0.29, 0.717) is 22.4 Å². The Morgan fingerprint density at radius 2 is 2.00 bits per heavy atom. The molecule has 21 heavy (non-hydrogen) atoms. The fourth-order valence-corrected chi connectivity index (χ4v) is 2.40. The van der Waals surface area contributed by atoms with E-state index < -0.39 is 11.6 Å². The van der Waals surface area contributed by atoms with Gasteiger partial charge in [0.05, 0.1) is 34.2 Å². The maximum Gasteiger partial charge on any atom is 0.150 e. The van der Waals surface area contributed by atoms with E-state index in [1.54, 1.807) is 18.2 Å². The molecule has 0 atom stereocenters. The van der Waals surface area contributed by atoms with E-state index in [4.69, 9.17) is 16.9 Å². The molecule has 0 saturated carbocycles. The Balaban J connectivity index is 2.36. The molecular weight excluding hydrogens is 296 g/mol. The van der Waals surface area contributed by atoms with Crippen molar-refractivity contribution in [3.63, 3.8) is 0 Å². The minimum atomic E-state index is -0.719. The van der Waals surface area contributed by atoms with Crippen molar-refractivity contribution in [2.24, 2.45) is 0 Å². The number of rotatable bonds is 2. The van der Waals surface area contributed by atoms with Gasteiger partial charge in [0.15, 0.2) is 0 Å². The summed E-state index contributed by atoms with van der Waals surface area (Å²) in [6.45, 7) is 0. The highest BCUT2D eigenvalue weighted by Gasteiger charge is 2.15. The van der Waals surface area contributed by atoms with Crippen LogP contribution in [0.1, 0.15) is 11.4 Å². The van der Waals surface area contributed by atoms with E-state index in [0.717, 1.165) is 12.1 Å². The average molecular weight is 304 g/mol. The molecule has 0 spiro atoms. The van der Waals surface area contributed by atoms with Crippen LogP contribution >= 0.6 is 11.6 Å². The molecule has 0 saturated heterocycles. The number of aromatic nitrogens is 2. The Morgan fingerprint density at radius 1 is 1.19 bits per heavy atom. The van der Waals surface area contributed by atoms with Crippen LogP contribution in [-0.2, 0) is 5.88 Å². The largest absolute Gasteiger partial charge is 0.292 e. The maximum absolute atomic E-state index is 14.0. The summed E-state index contributed by atoms with van der Waals surface area (Å²) in [5.41, 5.74) is 1.71. The number of fused-ring (bicyclic) bond motifs is 1. The first-order valence-corrected chi connectivity index (χ1v) is 6.60. The van der Waals surface area contributed by atoms with Gasteiger partial charge in [0.2, 0.25) is 0 Å². The van der Waals surface area contributed by atoms with Gasteiger partial charge < -0.3 is 0 Å². The molecule has 0 aliphatic rings. The topological polar surface area (TPSA) is 41.6 Å². The van der Waals surface area contributed by atoms with E-state index in [1.807, 2.05) is 6.07 Å². The number of nitrogens with zero attached hydrogens (tertiary/aromatic N) is 3. The summed E-state index contributed by atoms with van der Waals surface area (Å²) in [6, 6.07) is 10.2. The van der Waals surface area contributed by atoms with Crippen molar-refractivity contribution < 1.29 is 8.78 Å². The third kappa shape index (κ3) is 2.24. The van der Waals surface area contributed by atoms with Crippen molar-refractivity contribution in [1.82, 2.24) is 9.55 Å². The van der Waals surface area contributed by atoms with Gasteiger partial charge in [0, 0.05) is 6.07 Å². The summed E-state index contributed by atoms with van der Waals surface area (Å²) in [5, 5.41) is 8.98. The molecule has 0 unspecified atom stereocenters. The lowest BCUT2D eigenvalue weighted by molar-refractivity contribution is 0.577. The molecule has 1 aromatic heterocycles. The van der Waals surface area contributed by atoms with E-state index in [1.165, 1.54) is 10.6 Å². The van der Waals surface area contributed by atoms with Crippen molar-refractivity contribution in [3.05, 3.63) is 59.4 Å². The van der Waals surface area contributed by atoms with Crippen molar-refractivity contribution in [1.29, 1.82) is 5.26 Å². The number of nitriles is 1. The Bertz CT molecular complexity index is 880. The van der Waals surface area contributed by atoms with Gasteiger partial charge in [-0.2, -0.15) is 5.26 Å². The number of benzene rings is 2. The molecule has 3 nitrogen and oxygen atoms in total. The van der Waals surface area contributed by atoms with Gasteiger partial charge in [-0.1, -0.05) is 0 Å². The highest BCUT2D eigenvalue weighted by atomic mass is 35.5. The molecular formula is C15H8ClF2N3. The van der Waals surface area contributed by atoms with Crippen LogP contribution in [0.3, 0.4) is 0 Å². The summed E-state index contributed by atoms with van der Waals surface area (Å²) >= 11 is 5.87. The molecule has 0 bridgehead atoms. The Hall–Kier alpha value is -2.45. The number of halogens is 3. The quantitative estimate of drug-likeness (QED) is 0.673. The third-order valence-corrected chi connectivity index (χ3v) is 3.36. The summed E-state index contributed by atoms with van der Waals surface area (Å²) < 4.78 is 28.6. The van der Waals surface area contributed by atoms with Crippen LogP contribution in [0.25, 0.3) is 16.7 Å². The second-order valence-electron chi connectivity index (χ2n) is 4.41. The summed E-state index contributed by atoms with van der Waals surface area (Å²) in [4.78, 5) is 4.31. The van der Waals surface area contributed by atoms with Crippen LogP contribution < -0.4 is 0 Å². The molecule has 1 heterocycles. The standard InChI is InChI=1S/C15H8ClF2N3/c16-7-15-20-12-3-1-9(8-19)5-14(12)21(15)13-4-2-10(17)6-11(13)18/h1-6H,7H2. The Kier molecular flexibility index (Phi) is 3.32. The van der Waals surface area contributed by atoms with Crippen LogP contribution in [0, 0.1) is 23.0 Å². The van der Waals surface area contributed by atoms with Crippen molar-refractivity contribution in [3.8, 4) is 11.8 Å². The molecule has 3 rings (SSSR count). The normalized spacial score (nSPS) is 10.8. The monoisotopic (exact) mass is 303 g/mol. The van der Waals surface area contributed by atoms with E-state index in [2.05, 4.69) is 4.98 Å². The first kappa shape index (κ1) is 13.5. The predicted octanol–water partition coefficient (Wildman–Crippen LogP) is 3.91. The number of imidazole rings is 1.